The number of nitrogens with zero attached hydrogens (tertiary/aromatic N) is 3. The van der Waals surface area contributed by atoms with Crippen LogP contribution in [0.5, 0.6) is 0 Å². The number of aliphatic hydroxyl groups excluding tert-OH is 1. The van der Waals surface area contributed by atoms with E-state index in [2.05, 4.69) is 47.9 Å². The molecule has 5 heteroatoms. The Balaban J connectivity index is 1.38. The minimum Gasteiger partial charge on any atom is -0.391 e. The third-order valence-corrected chi connectivity index (χ3v) is 6.09. The highest BCUT2D eigenvalue weighted by Gasteiger charge is 2.36. The zero-order valence-corrected chi connectivity index (χ0v) is 16.5. The summed E-state index contributed by atoms with van der Waals surface area (Å²) in [6, 6.07) is 12.5. The van der Waals surface area contributed by atoms with Gasteiger partial charge in [0.05, 0.1) is 24.8 Å². The van der Waals surface area contributed by atoms with Gasteiger partial charge < -0.3 is 9.84 Å². The van der Waals surface area contributed by atoms with Gasteiger partial charge in [-0.15, -0.1) is 0 Å². The van der Waals surface area contributed by atoms with Gasteiger partial charge in [-0.25, -0.2) is 0 Å². The normalized spacial score (nSPS) is 25.3. The number of benzene rings is 1. The highest BCUT2D eigenvalue weighted by molar-refractivity contribution is 5.78. The first-order chi connectivity index (χ1) is 13.0. The molecule has 2 aliphatic heterocycles. The molecule has 1 aromatic carbocycles. The molecule has 0 amide bonds. The van der Waals surface area contributed by atoms with E-state index in [-0.39, 0.29) is 17.6 Å². The summed E-state index contributed by atoms with van der Waals surface area (Å²) in [7, 11) is 0. The number of hydrogen-bond donors (Lipinski definition) is 1. The fraction of sp³-hybridized carbons (Fsp3) is 0.591. The minimum absolute atomic E-state index is 0.0968. The van der Waals surface area contributed by atoms with E-state index in [1.54, 1.807) is 0 Å². The van der Waals surface area contributed by atoms with Gasteiger partial charge in [-0.1, -0.05) is 24.3 Å². The van der Waals surface area contributed by atoms with E-state index >= 15 is 0 Å². The predicted molar refractivity (Wildman–Crippen MR) is 108 cm³/mol. The Kier molecular flexibility index (Phi) is 5.46. The van der Waals surface area contributed by atoms with E-state index in [9.17, 15) is 5.11 Å². The van der Waals surface area contributed by atoms with Gasteiger partial charge in [-0.05, 0) is 32.4 Å². The van der Waals surface area contributed by atoms with Crippen LogP contribution in [-0.4, -0.2) is 77.5 Å². The summed E-state index contributed by atoms with van der Waals surface area (Å²) in [4.78, 5) is 9.73. The van der Waals surface area contributed by atoms with E-state index in [0.717, 1.165) is 63.6 Å². The number of rotatable bonds is 5. The number of fused-ring (bicyclic) bond motifs is 1. The van der Waals surface area contributed by atoms with E-state index in [4.69, 9.17) is 9.72 Å². The number of morpholine rings is 1. The molecular weight excluding hydrogens is 338 g/mol. The molecule has 0 spiro atoms. The van der Waals surface area contributed by atoms with Crippen LogP contribution in [0.15, 0.2) is 36.4 Å². The highest BCUT2D eigenvalue weighted by Crippen LogP contribution is 2.26. The van der Waals surface area contributed by atoms with Crippen LogP contribution in [0, 0.1) is 5.92 Å². The Morgan fingerprint density at radius 3 is 2.70 bits per heavy atom. The Labute approximate surface area is 161 Å². The van der Waals surface area contributed by atoms with Crippen molar-refractivity contribution in [1.82, 2.24) is 14.8 Å². The first kappa shape index (κ1) is 18.8. The quantitative estimate of drug-likeness (QED) is 0.875. The smallest absolute Gasteiger partial charge is 0.0711 e. The molecule has 0 radical (unpaired) electrons. The lowest BCUT2D eigenvalue weighted by Gasteiger charge is -2.42. The Hall–Kier alpha value is -1.53. The summed E-state index contributed by atoms with van der Waals surface area (Å²) in [6.45, 7) is 10.9. The second-order valence-corrected chi connectivity index (χ2v) is 8.63. The van der Waals surface area contributed by atoms with Crippen LogP contribution in [0.25, 0.3) is 10.9 Å². The number of pyridine rings is 1. The van der Waals surface area contributed by atoms with Crippen molar-refractivity contribution in [2.24, 2.45) is 5.92 Å². The maximum atomic E-state index is 10.6. The lowest BCUT2D eigenvalue weighted by Crippen LogP contribution is -2.55. The fourth-order valence-corrected chi connectivity index (χ4v) is 4.58. The Morgan fingerprint density at radius 2 is 1.89 bits per heavy atom. The van der Waals surface area contributed by atoms with Crippen molar-refractivity contribution in [3.8, 4) is 0 Å². The molecule has 2 aliphatic rings. The molecule has 1 aromatic heterocycles. The summed E-state index contributed by atoms with van der Waals surface area (Å²) in [6.07, 6.45) is 0.555. The largest absolute Gasteiger partial charge is 0.391 e. The van der Waals surface area contributed by atoms with Crippen LogP contribution in [0.1, 0.15) is 19.5 Å². The van der Waals surface area contributed by atoms with Gasteiger partial charge in [-0.2, -0.15) is 0 Å². The first-order valence-electron chi connectivity index (χ1n) is 10.1. The fourth-order valence-electron chi connectivity index (χ4n) is 4.58. The number of para-hydroxylation sites is 1. The van der Waals surface area contributed by atoms with Gasteiger partial charge in [0.15, 0.2) is 0 Å². The zero-order valence-electron chi connectivity index (χ0n) is 16.5. The van der Waals surface area contributed by atoms with Crippen LogP contribution in [-0.2, 0) is 11.2 Å². The second kappa shape index (κ2) is 7.84. The lowest BCUT2D eigenvalue weighted by molar-refractivity contribution is -0.0205. The van der Waals surface area contributed by atoms with Crippen molar-refractivity contribution in [3.05, 3.63) is 42.1 Å². The van der Waals surface area contributed by atoms with Crippen molar-refractivity contribution in [2.75, 3.05) is 45.9 Å². The standard InChI is InChI=1S/C22H31N3O2/c1-22(2,25-9-11-27-12-10-25)16-24-14-18(21(26)15-24)13-19-8-7-17-5-3-4-6-20(17)23-19/h3-8,18,21,26H,9-16H2,1-2H3/t18-,21-/m1/s1. The molecule has 5 nitrogen and oxygen atoms in total. The minimum atomic E-state index is -0.279. The van der Waals surface area contributed by atoms with Crippen LogP contribution in [0.4, 0.5) is 0 Å². The first-order valence-corrected chi connectivity index (χ1v) is 10.1. The summed E-state index contributed by atoms with van der Waals surface area (Å²) in [5.41, 5.74) is 2.21. The maximum absolute atomic E-state index is 10.6. The van der Waals surface area contributed by atoms with Crippen molar-refractivity contribution in [2.45, 2.75) is 31.9 Å². The molecule has 2 atom stereocenters. The summed E-state index contributed by atoms with van der Waals surface area (Å²) in [5.74, 6) is 0.249. The monoisotopic (exact) mass is 369 g/mol. The summed E-state index contributed by atoms with van der Waals surface area (Å²) >= 11 is 0. The molecule has 0 aliphatic carbocycles. The second-order valence-electron chi connectivity index (χ2n) is 8.63. The molecule has 0 saturated carbocycles. The molecule has 0 bridgehead atoms. The number of aliphatic hydroxyl groups is 1. The summed E-state index contributed by atoms with van der Waals surface area (Å²) < 4.78 is 5.49. The van der Waals surface area contributed by atoms with Crippen LogP contribution in [0.3, 0.4) is 0 Å². The average molecular weight is 370 g/mol. The third kappa shape index (κ3) is 4.32. The number of likely N-dealkylation sites (tertiary alicyclic amines) is 1. The molecule has 4 rings (SSSR count). The zero-order chi connectivity index (χ0) is 18.9. The number of β-amino-alcohol motifs (C(OH)–C–C–N with tert-alkyl or cyclic N) is 1. The molecule has 2 saturated heterocycles. The Morgan fingerprint density at radius 1 is 1.11 bits per heavy atom. The number of ether oxygens (including phenoxy) is 1. The van der Waals surface area contributed by atoms with Crippen molar-refractivity contribution in [3.63, 3.8) is 0 Å². The van der Waals surface area contributed by atoms with Crippen molar-refractivity contribution < 1.29 is 9.84 Å². The molecule has 3 heterocycles. The van der Waals surface area contributed by atoms with E-state index in [1.165, 1.54) is 5.39 Å². The Bertz CT molecular complexity index is 773. The van der Waals surface area contributed by atoms with Crippen LogP contribution in [0.2, 0.25) is 0 Å². The number of hydrogen-bond acceptors (Lipinski definition) is 5. The molecule has 146 valence electrons. The van der Waals surface area contributed by atoms with Crippen molar-refractivity contribution in [1.29, 1.82) is 0 Å². The van der Waals surface area contributed by atoms with E-state index < -0.39 is 0 Å². The molecule has 1 N–H and O–H groups in total. The molecule has 27 heavy (non-hydrogen) atoms. The molecular formula is C22H31N3O2. The van der Waals surface area contributed by atoms with Crippen LogP contribution >= 0.6 is 0 Å². The van der Waals surface area contributed by atoms with Gasteiger partial charge in [0, 0.05) is 55.3 Å². The number of aromatic nitrogens is 1. The van der Waals surface area contributed by atoms with E-state index in [0.29, 0.717) is 0 Å². The molecule has 0 unspecified atom stereocenters. The van der Waals surface area contributed by atoms with Crippen LogP contribution < -0.4 is 0 Å². The predicted octanol–water partition coefficient (Wildman–Crippen LogP) is 2.18. The molecule has 2 fully saturated rings. The maximum Gasteiger partial charge on any atom is 0.0711 e. The van der Waals surface area contributed by atoms with Gasteiger partial charge >= 0.3 is 0 Å². The van der Waals surface area contributed by atoms with Gasteiger partial charge in [-0.3, -0.25) is 14.8 Å². The third-order valence-electron chi connectivity index (χ3n) is 6.09. The van der Waals surface area contributed by atoms with Gasteiger partial charge in [0.25, 0.3) is 0 Å². The average Bonchev–Trinajstić information content (AvgIpc) is 3.00. The van der Waals surface area contributed by atoms with Gasteiger partial charge in [0.2, 0.25) is 0 Å². The SMILES string of the molecule is CC(C)(CN1C[C@@H](Cc2ccc3ccccc3n2)[C@H](O)C1)N1CCOCC1. The lowest BCUT2D eigenvalue weighted by atomic mass is 9.99. The highest BCUT2D eigenvalue weighted by atomic mass is 16.5. The van der Waals surface area contributed by atoms with Gasteiger partial charge in [0.1, 0.15) is 0 Å². The molecule has 2 aromatic rings. The summed E-state index contributed by atoms with van der Waals surface area (Å²) in [5, 5.41) is 11.8. The van der Waals surface area contributed by atoms with Crippen molar-refractivity contribution >= 4 is 10.9 Å². The van der Waals surface area contributed by atoms with E-state index in [1.807, 2.05) is 12.1 Å². The topological polar surface area (TPSA) is 48.8 Å².